The van der Waals surface area contributed by atoms with Crippen LogP contribution in [0.1, 0.15) is 5.69 Å². The number of hydrogen-bond donors (Lipinski definition) is 1. The molecule has 0 bridgehead atoms. The van der Waals surface area contributed by atoms with E-state index in [2.05, 4.69) is 28.7 Å². The van der Waals surface area contributed by atoms with Crippen molar-refractivity contribution in [3.8, 4) is 0 Å². The van der Waals surface area contributed by atoms with E-state index < -0.39 is 0 Å². The highest BCUT2D eigenvalue weighted by molar-refractivity contribution is 7.78. The van der Waals surface area contributed by atoms with Crippen molar-refractivity contribution in [2.45, 2.75) is 0 Å². The van der Waals surface area contributed by atoms with Gasteiger partial charge >= 0.3 is 0 Å². The summed E-state index contributed by atoms with van der Waals surface area (Å²) in [5, 5.41) is 4.10. The SMILES string of the molecule is Sn1cc2c(n1)C=CPC=N2. The molecule has 1 aromatic rings. The van der Waals surface area contributed by atoms with E-state index in [0.29, 0.717) is 8.58 Å². The molecule has 0 spiro atoms. The molecule has 0 aliphatic carbocycles. The second kappa shape index (κ2) is 2.80. The molecule has 1 aromatic heterocycles. The minimum Gasteiger partial charge on any atom is -0.252 e. The van der Waals surface area contributed by atoms with Crippen LogP contribution in [0.5, 0.6) is 0 Å². The molecule has 5 heteroatoms. The van der Waals surface area contributed by atoms with Crippen molar-refractivity contribution < 1.29 is 0 Å². The van der Waals surface area contributed by atoms with Crippen LogP contribution in [0.2, 0.25) is 0 Å². The Labute approximate surface area is 71.5 Å². The van der Waals surface area contributed by atoms with Crippen LogP contribution in [0.3, 0.4) is 0 Å². The normalized spacial score (nSPS) is 16.8. The minimum atomic E-state index is 0.658. The van der Waals surface area contributed by atoms with E-state index in [-0.39, 0.29) is 0 Å². The van der Waals surface area contributed by atoms with E-state index >= 15 is 0 Å². The van der Waals surface area contributed by atoms with Crippen molar-refractivity contribution in [2.24, 2.45) is 4.99 Å². The molecule has 3 nitrogen and oxygen atoms in total. The van der Waals surface area contributed by atoms with Gasteiger partial charge in [-0.05, 0) is 18.9 Å². The summed E-state index contributed by atoms with van der Waals surface area (Å²) in [6, 6.07) is 0. The van der Waals surface area contributed by atoms with Crippen LogP contribution in [-0.2, 0) is 0 Å². The third kappa shape index (κ3) is 1.37. The molecule has 56 valence electrons. The third-order valence-electron chi connectivity index (χ3n) is 1.33. The molecular formula is C6H6N3PS. The molecule has 0 N–H and O–H groups in total. The van der Waals surface area contributed by atoms with Crippen LogP contribution in [-0.4, -0.2) is 15.1 Å². The van der Waals surface area contributed by atoms with Gasteiger partial charge in [-0.25, -0.2) is 4.09 Å². The Kier molecular flexibility index (Phi) is 1.80. The summed E-state index contributed by atoms with van der Waals surface area (Å²) >= 11 is 4.05. The van der Waals surface area contributed by atoms with Crippen LogP contribution >= 0.6 is 21.4 Å². The van der Waals surface area contributed by atoms with E-state index in [4.69, 9.17) is 0 Å². The lowest BCUT2D eigenvalue weighted by atomic mass is 10.4. The summed E-state index contributed by atoms with van der Waals surface area (Å²) in [5.41, 5.74) is 1.78. The Bertz CT molecular complexity index is 299. The van der Waals surface area contributed by atoms with E-state index in [1.54, 1.807) is 6.20 Å². The van der Waals surface area contributed by atoms with Crippen LogP contribution < -0.4 is 0 Å². The molecule has 1 unspecified atom stereocenters. The molecule has 11 heavy (non-hydrogen) atoms. The second-order valence-corrected chi connectivity index (χ2v) is 3.41. The van der Waals surface area contributed by atoms with Crippen molar-refractivity contribution >= 4 is 39.1 Å². The van der Waals surface area contributed by atoms with E-state index in [0.717, 1.165) is 11.4 Å². The third-order valence-corrected chi connectivity index (χ3v) is 2.17. The number of fused-ring (bicyclic) bond motifs is 1. The maximum atomic E-state index is 4.20. The van der Waals surface area contributed by atoms with Gasteiger partial charge < -0.3 is 0 Å². The van der Waals surface area contributed by atoms with Gasteiger partial charge in [-0.3, -0.25) is 4.99 Å². The Morgan fingerprint density at radius 2 is 2.45 bits per heavy atom. The first-order valence-corrected chi connectivity index (χ1v) is 4.66. The Morgan fingerprint density at radius 1 is 1.55 bits per heavy atom. The summed E-state index contributed by atoms with van der Waals surface area (Å²) in [5.74, 6) is 3.94. The summed E-state index contributed by atoms with van der Waals surface area (Å²) in [6.07, 6.45) is 3.75. The predicted molar refractivity (Wildman–Crippen MR) is 52.1 cm³/mol. The highest BCUT2D eigenvalue weighted by atomic mass is 32.1. The Hall–Kier alpha value is -0.600. The molecule has 0 fully saturated rings. The molecule has 1 aliphatic rings. The fourth-order valence-corrected chi connectivity index (χ4v) is 1.62. The lowest BCUT2D eigenvalue weighted by molar-refractivity contribution is 1.01. The minimum absolute atomic E-state index is 0.658. The molecule has 2 heterocycles. The van der Waals surface area contributed by atoms with Crippen LogP contribution in [0, 0.1) is 0 Å². The maximum absolute atomic E-state index is 4.20. The van der Waals surface area contributed by atoms with E-state index in [1.165, 1.54) is 4.09 Å². The predicted octanol–water partition coefficient (Wildman–Crippen LogP) is 1.90. The van der Waals surface area contributed by atoms with Gasteiger partial charge in [0.05, 0.1) is 6.20 Å². The summed E-state index contributed by atoms with van der Waals surface area (Å²) in [6.45, 7) is 0. The second-order valence-electron chi connectivity index (χ2n) is 2.08. The largest absolute Gasteiger partial charge is 0.252 e. The highest BCUT2D eigenvalue weighted by Gasteiger charge is 2.03. The zero-order valence-corrected chi connectivity index (χ0v) is 7.49. The van der Waals surface area contributed by atoms with Gasteiger partial charge in [-0.15, -0.1) is 0 Å². The number of nitrogens with zero attached hydrogens (tertiary/aromatic N) is 3. The van der Waals surface area contributed by atoms with Crippen molar-refractivity contribution in [3.05, 3.63) is 17.7 Å². The first kappa shape index (κ1) is 7.07. The first-order chi connectivity index (χ1) is 5.36. The molecule has 2 rings (SSSR count). The monoisotopic (exact) mass is 183 g/mol. The fourth-order valence-electron chi connectivity index (χ4n) is 0.861. The molecule has 0 saturated heterocycles. The van der Waals surface area contributed by atoms with Gasteiger partial charge in [-0.2, -0.15) is 5.10 Å². The smallest absolute Gasteiger partial charge is 0.112 e. The molecule has 0 aromatic carbocycles. The number of thiol groups is 1. The van der Waals surface area contributed by atoms with E-state index in [9.17, 15) is 0 Å². The van der Waals surface area contributed by atoms with Gasteiger partial charge in [-0.1, -0.05) is 14.4 Å². The van der Waals surface area contributed by atoms with Gasteiger partial charge in [0, 0.05) is 5.96 Å². The molecule has 0 radical (unpaired) electrons. The van der Waals surface area contributed by atoms with Crippen LogP contribution in [0.15, 0.2) is 17.0 Å². The van der Waals surface area contributed by atoms with Crippen molar-refractivity contribution in [2.75, 3.05) is 0 Å². The van der Waals surface area contributed by atoms with Gasteiger partial charge in [0.1, 0.15) is 11.4 Å². The average molecular weight is 183 g/mol. The maximum Gasteiger partial charge on any atom is 0.112 e. The summed E-state index contributed by atoms with van der Waals surface area (Å²) in [4.78, 5) is 4.20. The lowest BCUT2D eigenvalue weighted by Gasteiger charge is -1.81. The lowest BCUT2D eigenvalue weighted by Crippen LogP contribution is -1.78. The molecule has 1 aliphatic heterocycles. The summed E-state index contributed by atoms with van der Waals surface area (Å²) in [7, 11) is 0.658. The number of aliphatic imine (C=N–C) groups is 1. The fraction of sp³-hybridized carbons (Fsp3) is 0. The van der Waals surface area contributed by atoms with Crippen molar-refractivity contribution in [1.82, 2.24) is 9.19 Å². The van der Waals surface area contributed by atoms with Gasteiger partial charge in [0.15, 0.2) is 0 Å². The van der Waals surface area contributed by atoms with Crippen LogP contribution in [0.25, 0.3) is 6.08 Å². The average Bonchev–Trinajstić information content (AvgIpc) is 2.17. The van der Waals surface area contributed by atoms with Gasteiger partial charge in [0.25, 0.3) is 0 Å². The van der Waals surface area contributed by atoms with Crippen molar-refractivity contribution in [1.29, 1.82) is 0 Å². The number of hydrogen-bond acceptors (Lipinski definition) is 3. The first-order valence-electron chi connectivity index (χ1n) is 3.10. The Balaban J connectivity index is 2.56. The van der Waals surface area contributed by atoms with Crippen molar-refractivity contribution in [3.63, 3.8) is 0 Å². The molecule has 0 saturated carbocycles. The topological polar surface area (TPSA) is 30.2 Å². The zero-order valence-electron chi connectivity index (χ0n) is 5.60. The number of rotatable bonds is 0. The number of aromatic nitrogens is 2. The molecular weight excluding hydrogens is 177 g/mol. The summed E-state index contributed by atoms with van der Waals surface area (Å²) < 4.78 is 1.47. The molecule has 0 amide bonds. The standard InChI is InChI=1S/C6H6N3PS/c11-9-3-6-5(8-9)1-2-10-4-7-6/h1-4,10-11H. The quantitative estimate of drug-likeness (QED) is 0.483. The Morgan fingerprint density at radius 3 is 3.36 bits per heavy atom. The molecule has 1 atom stereocenters. The zero-order chi connectivity index (χ0) is 7.68. The van der Waals surface area contributed by atoms with Gasteiger partial charge in [0.2, 0.25) is 0 Å². The highest BCUT2D eigenvalue weighted by Crippen LogP contribution is 2.25. The van der Waals surface area contributed by atoms with E-state index in [1.807, 2.05) is 12.0 Å². The van der Waals surface area contributed by atoms with Crippen LogP contribution in [0.4, 0.5) is 5.69 Å².